The van der Waals surface area contributed by atoms with Gasteiger partial charge in [-0.05, 0) is 59.5 Å². The minimum Gasteiger partial charge on any atom is -0.354 e. The van der Waals surface area contributed by atoms with E-state index in [1.54, 1.807) is 0 Å². The number of rotatable bonds is 12. The molecular weight excluding hydrogens is 278 g/mol. The Bertz CT molecular complexity index is 416. The van der Waals surface area contributed by atoms with E-state index in [1.165, 1.54) is 6.42 Å². The Morgan fingerprint density at radius 3 is 2.77 bits per heavy atom. The second kappa shape index (κ2) is 11.2. The number of hydrogen-bond acceptors (Lipinski definition) is 4. The van der Waals surface area contributed by atoms with Crippen LogP contribution in [0.25, 0.3) is 0 Å². The van der Waals surface area contributed by atoms with Gasteiger partial charge in [0.1, 0.15) is 0 Å². The Morgan fingerprint density at radius 2 is 2.05 bits per heavy atom. The number of nitrogens with one attached hydrogen (secondary N) is 2. The van der Waals surface area contributed by atoms with Crippen LogP contribution in [0.3, 0.4) is 0 Å². The lowest BCUT2D eigenvalue weighted by Crippen LogP contribution is -2.29. The van der Waals surface area contributed by atoms with Crippen molar-refractivity contribution in [3.8, 4) is 0 Å². The maximum Gasteiger partial charge on any atom is 0.220 e. The molecule has 0 spiro atoms. The van der Waals surface area contributed by atoms with Crippen LogP contribution in [-0.2, 0) is 17.8 Å². The van der Waals surface area contributed by atoms with Gasteiger partial charge in [0.05, 0.1) is 5.69 Å². The van der Waals surface area contributed by atoms with Crippen LogP contribution < -0.4 is 10.6 Å². The third kappa shape index (κ3) is 8.77. The smallest absolute Gasteiger partial charge is 0.220 e. The van der Waals surface area contributed by atoms with E-state index in [4.69, 9.17) is 0 Å². The van der Waals surface area contributed by atoms with E-state index in [0.717, 1.165) is 50.9 Å². The van der Waals surface area contributed by atoms with Gasteiger partial charge in [-0.25, -0.2) is 0 Å². The molecule has 1 aromatic heterocycles. The Balaban J connectivity index is 2.07. The molecule has 0 aliphatic heterocycles. The molecule has 1 heterocycles. The topological polar surface area (TPSA) is 71.8 Å². The van der Waals surface area contributed by atoms with Crippen molar-refractivity contribution >= 4 is 5.91 Å². The van der Waals surface area contributed by atoms with Crippen LogP contribution in [0.15, 0.2) is 6.20 Å². The van der Waals surface area contributed by atoms with Crippen LogP contribution in [0.5, 0.6) is 0 Å². The zero-order valence-corrected chi connectivity index (χ0v) is 14.3. The van der Waals surface area contributed by atoms with Gasteiger partial charge in [0.25, 0.3) is 0 Å². The van der Waals surface area contributed by atoms with Crippen LogP contribution in [0.4, 0.5) is 0 Å². The fourth-order valence-electron chi connectivity index (χ4n) is 2.30. The summed E-state index contributed by atoms with van der Waals surface area (Å²) in [6.45, 7) is 5.91. The van der Waals surface area contributed by atoms with Crippen molar-refractivity contribution in [1.29, 1.82) is 0 Å². The number of carbonyl (C=O) groups is 1. The van der Waals surface area contributed by atoms with Crippen molar-refractivity contribution in [1.82, 2.24) is 25.6 Å². The summed E-state index contributed by atoms with van der Waals surface area (Å²) >= 11 is 0. The zero-order valence-electron chi connectivity index (χ0n) is 14.3. The zero-order chi connectivity index (χ0) is 16.2. The molecule has 0 atom stereocenters. The van der Waals surface area contributed by atoms with Crippen molar-refractivity contribution in [3.05, 3.63) is 11.9 Å². The fourth-order valence-corrected chi connectivity index (χ4v) is 2.30. The van der Waals surface area contributed by atoms with Crippen molar-refractivity contribution in [3.63, 3.8) is 0 Å². The SMILES string of the molecule is CNCCCCc1cn(CCCCCC(=O)NC(C)C)nn1. The molecule has 0 bridgehead atoms. The molecule has 0 saturated carbocycles. The monoisotopic (exact) mass is 309 g/mol. The number of aromatic nitrogens is 3. The van der Waals surface area contributed by atoms with E-state index in [-0.39, 0.29) is 11.9 Å². The van der Waals surface area contributed by atoms with Gasteiger partial charge < -0.3 is 10.6 Å². The van der Waals surface area contributed by atoms with Crippen LogP contribution in [0.1, 0.15) is 58.1 Å². The van der Waals surface area contributed by atoms with Gasteiger partial charge in [0.2, 0.25) is 5.91 Å². The molecule has 1 amide bonds. The summed E-state index contributed by atoms with van der Waals surface area (Å²) in [4.78, 5) is 11.5. The summed E-state index contributed by atoms with van der Waals surface area (Å²) in [6, 6.07) is 0.231. The summed E-state index contributed by atoms with van der Waals surface area (Å²) in [5.74, 6) is 0.152. The fraction of sp³-hybridized carbons (Fsp3) is 0.812. The number of amides is 1. The number of unbranched alkanes of at least 4 members (excludes halogenated alkanes) is 3. The van der Waals surface area contributed by atoms with Crippen LogP contribution in [-0.4, -0.2) is 40.5 Å². The number of aryl methyl sites for hydroxylation is 2. The normalized spacial score (nSPS) is 11.1. The maximum absolute atomic E-state index is 11.5. The van der Waals surface area contributed by atoms with E-state index >= 15 is 0 Å². The molecule has 0 saturated heterocycles. The Labute approximate surface area is 134 Å². The lowest BCUT2D eigenvalue weighted by Gasteiger charge is -2.07. The largest absolute Gasteiger partial charge is 0.354 e. The minimum atomic E-state index is 0.152. The van der Waals surface area contributed by atoms with Gasteiger partial charge >= 0.3 is 0 Å². The predicted octanol–water partition coefficient (Wildman–Crippen LogP) is 1.91. The van der Waals surface area contributed by atoms with Crippen molar-refractivity contribution in [2.24, 2.45) is 0 Å². The van der Waals surface area contributed by atoms with E-state index in [0.29, 0.717) is 6.42 Å². The van der Waals surface area contributed by atoms with Gasteiger partial charge in [-0.15, -0.1) is 5.10 Å². The predicted molar refractivity (Wildman–Crippen MR) is 88.6 cm³/mol. The van der Waals surface area contributed by atoms with Crippen LogP contribution >= 0.6 is 0 Å². The average Bonchev–Trinajstić information content (AvgIpc) is 2.90. The van der Waals surface area contributed by atoms with E-state index in [1.807, 2.05) is 31.8 Å². The summed E-state index contributed by atoms with van der Waals surface area (Å²) in [7, 11) is 1.97. The lowest BCUT2D eigenvalue weighted by molar-refractivity contribution is -0.121. The molecule has 0 unspecified atom stereocenters. The third-order valence-electron chi connectivity index (χ3n) is 3.44. The van der Waals surface area contributed by atoms with Crippen molar-refractivity contribution in [2.45, 2.75) is 71.4 Å². The molecule has 2 N–H and O–H groups in total. The summed E-state index contributed by atoms with van der Waals surface area (Å²) < 4.78 is 1.92. The molecule has 1 aromatic rings. The van der Waals surface area contributed by atoms with Crippen molar-refractivity contribution < 1.29 is 4.79 Å². The first-order valence-corrected chi connectivity index (χ1v) is 8.44. The molecule has 6 nitrogen and oxygen atoms in total. The van der Waals surface area contributed by atoms with E-state index < -0.39 is 0 Å². The highest BCUT2D eigenvalue weighted by Crippen LogP contribution is 2.04. The minimum absolute atomic E-state index is 0.152. The van der Waals surface area contributed by atoms with E-state index in [9.17, 15) is 4.79 Å². The van der Waals surface area contributed by atoms with Gasteiger partial charge in [-0.2, -0.15) is 0 Å². The molecule has 0 radical (unpaired) electrons. The van der Waals surface area contributed by atoms with E-state index in [2.05, 4.69) is 20.9 Å². The summed E-state index contributed by atoms with van der Waals surface area (Å²) in [5.41, 5.74) is 1.08. The Kier molecular flexibility index (Phi) is 9.46. The standard InChI is InChI=1S/C16H31N5O/c1-14(2)18-16(22)10-5-4-8-12-21-13-15(19-20-21)9-6-7-11-17-3/h13-14,17H,4-12H2,1-3H3,(H,18,22). The highest BCUT2D eigenvalue weighted by atomic mass is 16.1. The second-order valence-corrected chi connectivity index (χ2v) is 6.07. The number of hydrogen-bond donors (Lipinski definition) is 2. The first-order valence-electron chi connectivity index (χ1n) is 8.44. The van der Waals surface area contributed by atoms with Crippen molar-refractivity contribution in [2.75, 3.05) is 13.6 Å². The second-order valence-electron chi connectivity index (χ2n) is 6.07. The highest BCUT2D eigenvalue weighted by Gasteiger charge is 2.03. The highest BCUT2D eigenvalue weighted by molar-refractivity contribution is 5.76. The lowest BCUT2D eigenvalue weighted by atomic mass is 10.2. The summed E-state index contributed by atoms with van der Waals surface area (Å²) in [5, 5.41) is 14.4. The van der Waals surface area contributed by atoms with Gasteiger partial charge in [0.15, 0.2) is 0 Å². The van der Waals surface area contributed by atoms with Crippen LogP contribution in [0.2, 0.25) is 0 Å². The van der Waals surface area contributed by atoms with Crippen LogP contribution in [0, 0.1) is 0 Å². The van der Waals surface area contributed by atoms with Gasteiger partial charge in [0, 0.05) is 25.2 Å². The molecule has 0 aliphatic rings. The first-order chi connectivity index (χ1) is 10.6. The quantitative estimate of drug-likeness (QED) is 0.579. The molecular formula is C16H31N5O. The Morgan fingerprint density at radius 1 is 1.23 bits per heavy atom. The molecule has 0 fully saturated rings. The molecule has 0 aromatic carbocycles. The molecule has 0 aliphatic carbocycles. The molecule has 126 valence electrons. The molecule has 1 rings (SSSR count). The average molecular weight is 309 g/mol. The Hall–Kier alpha value is -1.43. The first kappa shape index (κ1) is 18.6. The van der Waals surface area contributed by atoms with Gasteiger partial charge in [-0.1, -0.05) is 11.6 Å². The maximum atomic E-state index is 11.5. The van der Waals surface area contributed by atoms with Gasteiger partial charge in [-0.3, -0.25) is 9.48 Å². The third-order valence-corrected chi connectivity index (χ3v) is 3.44. The molecule has 6 heteroatoms. The number of carbonyl (C=O) groups excluding carboxylic acids is 1. The summed E-state index contributed by atoms with van der Waals surface area (Å²) in [6.07, 6.45) is 8.99. The number of nitrogens with zero attached hydrogens (tertiary/aromatic N) is 3. The molecule has 22 heavy (non-hydrogen) atoms.